The molecular formula is C12H16N2O2. The minimum absolute atomic E-state index is 0.0140. The van der Waals surface area contributed by atoms with E-state index in [4.69, 9.17) is 10.5 Å². The Balaban J connectivity index is 2.15. The number of nitrogens with two attached hydrogens (primary N) is 1. The lowest BCUT2D eigenvalue weighted by Gasteiger charge is -2.10. The normalized spacial score (nSPS) is 13.4. The molecule has 1 aliphatic rings. The van der Waals surface area contributed by atoms with Crippen LogP contribution in [0, 0.1) is 0 Å². The summed E-state index contributed by atoms with van der Waals surface area (Å²) in [5.41, 5.74) is 8.23. The van der Waals surface area contributed by atoms with Crippen molar-refractivity contribution in [2.24, 2.45) is 0 Å². The van der Waals surface area contributed by atoms with E-state index in [1.54, 1.807) is 0 Å². The molecule has 1 amide bonds. The predicted molar refractivity (Wildman–Crippen MR) is 63.6 cm³/mol. The number of amides is 1. The maximum Gasteiger partial charge on any atom is 0.228 e. The largest absolute Gasteiger partial charge is 0.491 e. The van der Waals surface area contributed by atoms with E-state index in [0.717, 1.165) is 24.1 Å². The first-order valence-electron chi connectivity index (χ1n) is 5.55. The number of hydrogen-bond acceptors (Lipinski definition) is 3. The highest BCUT2D eigenvalue weighted by Crippen LogP contribution is 2.33. The summed E-state index contributed by atoms with van der Waals surface area (Å²) in [4.78, 5) is 11.2. The van der Waals surface area contributed by atoms with Gasteiger partial charge >= 0.3 is 0 Å². The lowest BCUT2D eigenvalue weighted by atomic mass is 10.1. The molecule has 0 saturated carbocycles. The maximum absolute atomic E-state index is 11.2. The van der Waals surface area contributed by atoms with Crippen LogP contribution in [0.2, 0.25) is 0 Å². The third-order valence-electron chi connectivity index (χ3n) is 2.62. The fraction of sp³-hybridized carbons (Fsp3) is 0.417. The van der Waals surface area contributed by atoms with Crippen molar-refractivity contribution in [2.75, 3.05) is 17.7 Å². The lowest BCUT2D eigenvalue weighted by molar-refractivity contribution is -0.115. The number of ether oxygens (including phenoxy) is 1. The number of carbonyl (C=O) groups excluding carboxylic acids is 1. The molecule has 16 heavy (non-hydrogen) atoms. The summed E-state index contributed by atoms with van der Waals surface area (Å²) in [5.74, 6) is 0.675. The smallest absolute Gasteiger partial charge is 0.228 e. The van der Waals surface area contributed by atoms with Gasteiger partial charge in [-0.15, -0.1) is 0 Å². The molecule has 4 heteroatoms. The van der Waals surface area contributed by atoms with Gasteiger partial charge < -0.3 is 15.8 Å². The number of anilines is 2. The Hall–Kier alpha value is -1.71. The van der Waals surface area contributed by atoms with Crippen LogP contribution in [0.4, 0.5) is 11.4 Å². The van der Waals surface area contributed by atoms with Gasteiger partial charge in [0.2, 0.25) is 5.91 Å². The zero-order chi connectivity index (χ0) is 11.5. The number of benzene rings is 1. The van der Waals surface area contributed by atoms with Crippen LogP contribution >= 0.6 is 0 Å². The Bertz CT molecular complexity index is 416. The topological polar surface area (TPSA) is 64.3 Å². The monoisotopic (exact) mass is 220 g/mol. The van der Waals surface area contributed by atoms with Crippen molar-refractivity contribution in [1.29, 1.82) is 0 Å². The molecule has 0 bridgehead atoms. The molecule has 4 nitrogen and oxygen atoms in total. The quantitative estimate of drug-likeness (QED) is 0.602. The molecule has 0 atom stereocenters. The van der Waals surface area contributed by atoms with Gasteiger partial charge in [-0.1, -0.05) is 13.3 Å². The highest BCUT2D eigenvalue weighted by Gasteiger charge is 2.19. The molecule has 0 spiro atoms. The molecule has 3 N–H and O–H groups in total. The second-order valence-corrected chi connectivity index (χ2v) is 3.97. The zero-order valence-electron chi connectivity index (χ0n) is 9.38. The number of nitrogen functional groups attached to an aromatic ring is 1. The highest BCUT2D eigenvalue weighted by atomic mass is 16.5. The van der Waals surface area contributed by atoms with Crippen molar-refractivity contribution in [3.8, 4) is 5.75 Å². The summed E-state index contributed by atoms with van der Waals surface area (Å²) >= 11 is 0. The molecule has 0 saturated heterocycles. The zero-order valence-corrected chi connectivity index (χ0v) is 9.38. The van der Waals surface area contributed by atoms with E-state index in [1.807, 2.05) is 12.1 Å². The number of unbranched alkanes of at least 4 members (excludes halogenated alkanes) is 1. The van der Waals surface area contributed by atoms with Crippen LogP contribution in [0.15, 0.2) is 12.1 Å². The van der Waals surface area contributed by atoms with E-state index in [1.165, 1.54) is 0 Å². The second kappa shape index (κ2) is 4.43. The number of nitrogens with one attached hydrogen (secondary N) is 1. The summed E-state index contributed by atoms with van der Waals surface area (Å²) < 4.78 is 5.56. The average molecular weight is 220 g/mol. The Kier molecular flexibility index (Phi) is 2.99. The van der Waals surface area contributed by atoms with E-state index in [9.17, 15) is 4.79 Å². The highest BCUT2D eigenvalue weighted by molar-refractivity contribution is 6.00. The van der Waals surface area contributed by atoms with Gasteiger partial charge in [0.05, 0.1) is 18.7 Å². The van der Waals surface area contributed by atoms with Crippen molar-refractivity contribution in [2.45, 2.75) is 26.2 Å². The minimum Gasteiger partial charge on any atom is -0.491 e. The van der Waals surface area contributed by atoms with Crippen molar-refractivity contribution in [3.05, 3.63) is 17.7 Å². The van der Waals surface area contributed by atoms with Gasteiger partial charge in [0.15, 0.2) is 0 Å². The molecule has 1 heterocycles. The van der Waals surface area contributed by atoms with Crippen molar-refractivity contribution < 1.29 is 9.53 Å². The van der Waals surface area contributed by atoms with Gasteiger partial charge in [-0.25, -0.2) is 0 Å². The fourth-order valence-corrected chi connectivity index (χ4v) is 1.73. The first kappa shape index (κ1) is 10.8. The molecular weight excluding hydrogens is 204 g/mol. The van der Waals surface area contributed by atoms with Gasteiger partial charge in [0, 0.05) is 11.8 Å². The number of rotatable bonds is 4. The van der Waals surface area contributed by atoms with Crippen molar-refractivity contribution in [3.63, 3.8) is 0 Å². The van der Waals surface area contributed by atoms with Gasteiger partial charge in [0.1, 0.15) is 5.75 Å². The third kappa shape index (κ3) is 2.10. The standard InChI is InChI=1S/C12H16N2O2/c1-2-3-4-16-11-7-10-8(5-9(11)13)6-12(15)14-10/h5,7H,2-4,6,13H2,1H3,(H,14,15). The van der Waals surface area contributed by atoms with E-state index < -0.39 is 0 Å². The molecule has 0 radical (unpaired) electrons. The number of hydrogen-bond donors (Lipinski definition) is 2. The molecule has 0 fully saturated rings. The Labute approximate surface area is 94.8 Å². The first-order valence-corrected chi connectivity index (χ1v) is 5.55. The van der Waals surface area contributed by atoms with Crippen LogP contribution < -0.4 is 15.8 Å². The lowest BCUT2D eigenvalue weighted by Crippen LogP contribution is -2.03. The van der Waals surface area contributed by atoms with E-state index in [2.05, 4.69) is 12.2 Å². The molecule has 0 aliphatic carbocycles. The second-order valence-electron chi connectivity index (χ2n) is 3.97. The fourth-order valence-electron chi connectivity index (χ4n) is 1.73. The summed E-state index contributed by atoms with van der Waals surface area (Å²) in [5, 5.41) is 2.78. The van der Waals surface area contributed by atoms with Crippen molar-refractivity contribution in [1.82, 2.24) is 0 Å². The molecule has 1 aliphatic heterocycles. The van der Waals surface area contributed by atoms with Crippen LogP contribution in [0.1, 0.15) is 25.3 Å². The van der Waals surface area contributed by atoms with Crippen LogP contribution in [-0.2, 0) is 11.2 Å². The molecule has 0 unspecified atom stereocenters. The van der Waals surface area contributed by atoms with E-state index in [-0.39, 0.29) is 5.91 Å². The summed E-state index contributed by atoms with van der Waals surface area (Å²) in [6.07, 6.45) is 2.50. The van der Waals surface area contributed by atoms with Gasteiger partial charge in [-0.2, -0.15) is 0 Å². The predicted octanol–water partition coefficient (Wildman–Crippen LogP) is 1.94. The molecule has 1 aromatic rings. The van der Waals surface area contributed by atoms with Gasteiger partial charge in [-0.05, 0) is 18.1 Å². The molecule has 1 aromatic carbocycles. The third-order valence-corrected chi connectivity index (χ3v) is 2.62. The Morgan fingerprint density at radius 1 is 1.50 bits per heavy atom. The number of carbonyl (C=O) groups is 1. The van der Waals surface area contributed by atoms with Crippen LogP contribution in [0.3, 0.4) is 0 Å². The van der Waals surface area contributed by atoms with Crippen LogP contribution in [0.25, 0.3) is 0 Å². The summed E-state index contributed by atoms with van der Waals surface area (Å²) in [6, 6.07) is 3.62. The average Bonchev–Trinajstić information content (AvgIpc) is 2.58. The minimum atomic E-state index is 0.0140. The SMILES string of the molecule is CCCCOc1cc2c(cc1N)CC(=O)N2. The summed E-state index contributed by atoms with van der Waals surface area (Å²) in [7, 11) is 0. The Morgan fingerprint density at radius 3 is 3.06 bits per heavy atom. The van der Waals surface area contributed by atoms with Crippen LogP contribution in [-0.4, -0.2) is 12.5 Å². The molecule has 0 aromatic heterocycles. The van der Waals surface area contributed by atoms with Gasteiger partial charge in [0.25, 0.3) is 0 Å². The summed E-state index contributed by atoms with van der Waals surface area (Å²) in [6.45, 7) is 2.77. The van der Waals surface area contributed by atoms with E-state index in [0.29, 0.717) is 24.5 Å². The Morgan fingerprint density at radius 2 is 2.31 bits per heavy atom. The maximum atomic E-state index is 11.2. The van der Waals surface area contributed by atoms with Crippen molar-refractivity contribution >= 4 is 17.3 Å². The van der Waals surface area contributed by atoms with Crippen LogP contribution in [0.5, 0.6) is 5.75 Å². The number of fused-ring (bicyclic) bond motifs is 1. The molecule has 2 rings (SSSR count). The van der Waals surface area contributed by atoms with E-state index >= 15 is 0 Å². The molecule has 86 valence electrons. The first-order chi connectivity index (χ1) is 7.70. The van der Waals surface area contributed by atoms with Gasteiger partial charge in [-0.3, -0.25) is 4.79 Å².